The number of nitrogen functional groups attached to an aromatic ring is 4. The third-order valence-electron chi connectivity index (χ3n) is 15.0. The van der Waals surface area contributed by atoms with E-state index in [1.807, 2.05) is 0 Å². The molecule has 61 heteroatoms. The Hall–Kier alpha value is -7.02. The second-order valence-electron chi connectivity index (χ2n) is 21.7. The Morgan fingerprint density at radius 2 is 0.634 bits per heavy atom. The highest BCUT2D eigenvalue weighted by Gasteiger charge is 2.56. The predicted molar refractivity (Wildman–Crippen MR) is 318 cm³/mol. The molecule has 0 spiro atoms. The maximum Gasteiger partial charge on any atom is 0.490 e. The van der Waals surface area contributed by atoms with Gasteiger partial charge < -0.3 is 102 Å². The summed E-state index contributed by atoms with van der Waals surface area (Å²) >= 11 is 0. The summed E-state index contributed by atoms with van der Waals surface area (Å²) in [6, 6.07) is 0. The molecule has 8 aromatic rings. The molecule has 5 unspecified atom stereocenters. The zero-order valence-corrected chi connectivity index (χ0v) is 54.9. The number of H-pyrrole nitrogens is 4. The molecule has 0 amide bonds. The highest BCUT2D eigenvalue weighted by Crippen LogP contribution is 2.66. The van der Waals surface area contributed by atoms with Crippen LogP contribution in [0.1, 0.15) is 24.9 Å². The smallest absolute Gasteiger partial charge is 0.387 e. The number of hydrogen-bond donors (Lipinski definition) is 20. The fourth-order valence-corrected chi connectivity index (χ4v) is 16.7. The van der Waals surface area contributed by atoms with Crippen LogP contribution in [-0.4, -0.2) is 238 Å². The van der Waals surface area contributed by atoms with Crippen molar-refractivity contribution in [3.63, 3.8) is 0 Å². The Balaban J connectivity index is 0.791. The number of anilines is 4. The molecule has 8 aromatic heterocycles. The lowest BCUT2D eigenvalue weighted by molar-refractivity contribution is -0.0632. The second-order valence-corrected chi connectivity index (χ2v) is 30.3. The van der Waals surface area contributed by atoms with Gasteiger partial charge in [0.2, 0.25) is 23.8 Å². The van der Waals surface area contributed by atoms with Gasteiger partial charge in [0.1, 0.15) is 73.2 Å². The van der Waals surface area contributed by atoms with Crippen molar-refractivity contribution in [2.45, 2.75) is 98.2 Å². The fraction of sp³-hybridized carbons (Fsp3) is 0.500. The van der Waals surface area contributed by atoms with Gasteiger partial charge in [0.15, 0.2) is 69.6 Å². The molecule has 4 saturated heterocycles. The normalized spacial score (nSPS) is 30.3. The molecule has 0 radical (unpaired) electrons. The molecule has 0 aliphatic carbocycles. The van der Waals surface area contributed by atoms with Crippen LogP contribution in [0.3, 0.4) is 0 Å². The van der Waals surface area contributed by atoms with Crippen LogP contribution in [0.25, 0.3) is 44.7 Å². The van der Waals surface area contributed by atoms with Gasteiger partial charge in [-0.15, -0.1) is 0 Å². The Bertz CT molecular complexity index is 5080. The minimum atomic E-state index is -6.18. The number of phosphoric ester groups is 4. The number of hydrogen-bond acceptors (Lipinski definition) is 40. The first-order chi connectivity index (χ1) is 47.1. The van der Waals surface area contributed by atoms with Crippen LogP contribution in [0.4, 0.5) is 23.8 Å². The number of rotatable bonds is 26. The summed E-state index contributed by atoms with van der Waals surface area (Å²) in [6.07, 6.45) is -29.9. The molecule has 552 valence electrons. The molecule has 101 heavy (non-hydrogen) atoms. The molecule has 12 rings (SSSR count). The Labute approximate surface area is 552 Å². The highest BCUT2D eigenvalue weighted by atomic mass is 31.3. The van der Waals surface area contributed by atoms with E-state index in [0.29, 0.717) is 0 Å². The van der Waals surface area contributed by atoms with E-state index in [0.717, 1.165) is 43.6 Å². The van der Waals surface area contributed by atoms with Gasteiger partial charge >= 0.3 is 46.9 Å². The van der Waals surface area contributed by atoms with Crippen LogP contribution >= 0.6 is 46.9 Å². The number of phosphoric acid groups is 6. The van der Waals surface area contributed by atoms with E-state index in [9.17, 15) is 96.6 Å². The summed E-state index contributed by atoms with van der Waals surface area (Å²) in [4.78, 5) is 163. The number of nitrogens with two attached hydrogens (primary N) is 4. The zero-order chi connectivity index (χ0) is 73.1. The van der Waals surface area contributed by atoms with Crippen molar-refractivity contribution in [2.75, 3.05) is 49.4 Å². The van der Waals surface area contributed by atoms with E-state index in [4.69, 9.17) is 78.8 Å². The third-order valence-corrected chi connectivity index (χ3v) is 21.7. The van der Waals surface area contributed by atoms with Crippen LogP contribution in [0.15, 0.2) is 44.5 Å². The fourth-order valence-electron chi connectivity index (χ4n) is 10.8. The van der Waals surface area contributed by atoms with E-state index < -0.39 is 239 Å². The van der Waals surface area contributed by atoms with Gasteiger partial charge in [0.05, 0.1) is 51.7 Å². The van der Waals surface area contributed by atoms with Gasteiger partial charge in [-0.2, -0.15) is 28.6 Å². The van der Waals surface area contributed by atoms with Crippen LogP contribution in [0.2, 0.25) is 0 Å². The van der Waals surface area contributed by atoms with Crippen molar-refractivity contribution in [3.8, 4) is 0 Å². The number of aliphatic hydroxyl groups is 5. The third kappa shape index (κ3) is 15.3. The number of nitrogens with zero attached hydrogens (tertiary/aromatic N) is 12. The first kappa shape index (κ1) is 73.7. The van der Waals surface area contributed by atoms with E-state index in [-0.39, 0.29) is 22.8 Å². The van der Waals surface area contributed by atoms with Gasteiger partial charge in [0.25, 0.3) is 22.2 Å². The van der Waals surface area contributed by atoms with Crippen molar-refractivity contribution in [3.05, 3.63) is 66.7 Å². The van der Waals surface area contributed by atoms with Crippen LogP contribution in [0.5, 0.6) is 0 Å². The standard InChI is InChI=1S/C40H52N20O35P6/c41-37-49-25-13(29(66)53-37)45-5-57(25)33-18(62)17(61)9(87-33)1-83-97(73,74)91-22-10(88-34(19(22)63)58-6-46-14-26(58)50-38(42)54-30(14)67)2-84-98(75,76)92-23-11(89-35(20(23)64)59-7-47-15-27(59)51-39(43)55-31(15)68)3-85-99(77,78)93-24-12(4-86-100(79,80)95-101(81,82)94-96(70,71)72)90-36(21(24)65)60-8-48-16-28(60)52-40(44)56-32(16)69/h5-12,17-24,33-36,61-65H,1-4H2,(H,73,74)(H,75,76)(H,77,78)(H,79,80)(H,81,82)(H2,70,71,72)(H3,41,49,53,66)(H3,42,50,54,67)(H3,43,51,55,68)(H3,44,52,56,69)/t9-,10-,11-,12-,17-,18-,19-,20-,21-,22-,23-,24-,33-,34-,35-,36-/m1/s1. The van der Waals surface area contributed by atoms with Gasteiger partial charge in [-0.25, -0.2) is 47.3 Å². The van der Waals surface area contributed by atoms with Crippen LogP contribution in [-0.2, 0) is 86.6 Å². The lowest BCUT2D eigenvalue weighted by atomic mass is 10.1. The summed E-state index contributed by atoms with van der Waals surface area (Å²) in [7, 11) is -35.8. The van der Waals surface area contributed by atoms with Gasteiger partial charge in [-0.1, -0.05) is 0 Å². The maximum atomic E-state index is 14.3. The number of aromatic amines is 4. The van der Waals surface area contributed by atoms with Gasteiger partial charge in [-0.05, 0) is 0 Å². The predicted octanol–water partition coefficient (Wildman–Crippen LogP) is -6.91. The van der Waals surface area contributed by atoms with E-state index in [1.54, 1.807) is 0 Å². The Morgan fingerprint density at radius 1 is 0.376 bits per heavy atom. The van der Waals surface area contributed by atoms with Crippen molar-refractivity contribution < 1.29 is 146 Å². The number of fused-ring (bicyclic) bond motifs is 4. The van der Waals surface area contributed by atoms with Crippen molar-refractivity contribution in [2.24, 2.45) is 0 Å². The first-order valence-electron chi connectivity index (χ1n) is 27.8. The van der Waals surface area contributed by atoms with Gasteiger partial charge in [0, 0.05) is 0 Å². The van der Waals surface area contributed by atoms with Crippen LogP contribution in [0, 0.1) is 0 Å². The monoisotopic (exact) mass is 1560 g/mol. The Morgan fingerprint density at radius 3 is 0.921 bits per heavy atom. The lowest BCUT2D eigenvalue weighted by Gasteiger charge is -2.26. The summed E-state index contributed by atoms with van der Waals surface area (Å²) in [6.45, 7) is -5.47. The molecule has 21 atom stereocenters. The average Bonchev–Trinajstić information content (AvgIpc) is 1.62. The second kappa shape index (κ2) is 27.2. The van der Waals surface area contributed by atoms with Crippen molar-refractivity contribution in [1.82, 2.24) is 78.1 Å². The number of imidazole rings is 4. The molecular weight excluding hydrogens is 1510 g/mol. The van der Waals surface area contributed by atoms with Crippen molar-refractivity contribution >= 4 is 115 Å². The van der Waals surface area contributed by atoms with Gasteiger partial charge in [-0.3, -0.25) is 89.0 Å². The summed E-state index contributed by atoms with van der Waals surface area (Å²) in [5, 5.41) is 57.4. The summed E-state index contributed by atoms with van der Waals surface area (Å²) in [5.74, 6) is -1.93. The lowest BCUT2D eigenvalue weighted by Crippen LogP contribution is -2.38. The number of ether oxygens (including phenoxy) is 4. The molecule has 0 saturated carbocycles. The molecular formula is C40H52N20O35P6. The minimum Gasteiger partial charge on any atom is -0.387 e. The molecule has 24 N–H and O–H groups in total. The topological polar surface area (TPSA) is 824 Å². The molecule has 4 fully saturated rings. The van der Waals surface area contributed by atoms with E-state index in [2.05, 4.69) is 73.0 Å². The van der Waals surface area contributed by atoms with Crippen LogP contribution < -0.4 is 45.2 Å². The minimum absolute atomic E-state index is 0.218. The molecule has 4 aliphatic heterocycles. The Kier molecular flexibility index (Phi) is 19.9. The number of aromatic nitrogens is 16. The SMILES string of the molecule is Nc1nc2c(ncn2[C@@H]2O[C@H](COP(=O)(O)O[C@H]3[C@@H](O)[C@H](n4cnc5c(=O)[nH]c(N)nc54)O[C@@H]3COP(=O)(O)O[C@H]3[C@@H](O)[C@H](n4cnc5c(=O)[nH]c(N)nc54)O[C@@H]3COP(=O)(O)O[C@H]3[C@@H](O)[C@H](n4cnc5c(=O)[nH]c(N)nc54)O[C@@H]3COP(=O)(O)OP(=O)(O)OP(=O)(O)O)[C@@H](O)[C@H]2O)c(=O)[nH]1. The zero-order valence-electron chi connectivity index (χ0n) is 49.5. The molecule has 55 nitrogen and oxygen atoms in total. The molecule has 12 heterocycles. The van der Waals surface area contributed by atoms with E-state index >= 15 is 0 Å². The quantitative estimate of drug-likeness (QED) is 0.0224. The molecule has 4 aliphatic rings. The first-order valence-corrected chi connectivity index (χ1v) is 36.8. The largest absolute Gasteiger partial charge is 0.490 e. The molecule has 0 aromatic carbocycles. The summed E-state index contributed by atoms with van der Waals surface area (Å²) < 4.78 is 149. The van der Waals surface area contributed by atoms with E-state index in [1.165, 1.54) is 0 Å². The highest BCUT2D eigenvalue weighted by molar-refractivity contribution is 7.66. The number of nitrogens with one attached hydrogen (secondary N) is 4. The maximum absolute atomic E-state index is 14.3. The molecule has 0 bridgehead atoms. The average molecular weight is 1560 g/mol. The van der Waals surface area contributed by atoms with Crippen molar-refractivity contribution in [1.29, 1.82) is 0 Å². The number of aliphatic hydroxyl groups excluding tert-OH is 5. The summed E-state index contributed by atoms with van der Waals surface area (Å²) in [5.41, 5.74) is 16.2.